The van der Waals surface area contributed by atoms with E-state index >= 15 is 0 Å². The monoisotopic (exact) mass is 1250 g/mol. The van der Waals surface area contributed by atoms with E-state index in [4.69, 9.17) is 17.0 Å². The average molecular weight is 1250 g/mol. The van der Waals surface area contributed by atoms with Crippen molar-refractivity contribution in [2.45, 2.75) is 118 Å². The van der Waals surface area contributed by atoms with Gasteiger partial charge in [0.25, 0.3) is 0 Å². The van der Waals surface area contributed by atoms with Crippen LogP contribution in [0.5, 0.6) is 0 Å². The number of hydrogen-bond donors (Lipinski definition) is 0. The molecule has 0 bridgehead atoms. The van der Waals surface area contributed by atoms with Gasteiger partial charge in [0.2, 0.25) is 0 Å². The predicted molar refractivity (Wildman–Crippen MR) is 368 cm³/mol. The van der Waals surface area contributed by atoms with Crippen molar-refractivity contribution in [3.63, 3.8) is 0 Å². The molecule has 0 atom stereocenters. The van der Waals surface area contributed by atoms with Crippen LogP contribution in [0.2, 0.25) is 78.6 Å². The van der Waals surface area contributed by atoms with Crippen molar-refractivity contribution >= 4 is 112 Å². The SMILES string of the molecule is CCCc1cc2c(-c3cc([Si](C)(C)C)cc([Si](C)(C)C)c3)c(-c3ccccc3)ccc2[cH-]1.CCCc1cc2c(-c3cc([Si](C)(C)C)cc([Si](C)(C)C)c3)c(-c3ccccc3)ccc2[cH-]1.[Cl][Zr][Cl].[c-]1cccc2c1[Si]c1ccccc1-2. The third-order valence-corrected chi connectivity index (χ3v) is 24.8. The normalized spacial score (nSPS) is 12.2. The first kappa shape index (κ1) is 61.6. The van der Waals surface area contributed by atoms with E-state index in [1.165, 1.54) is 112 Å². The van der Waals surface area contributed by atoms with E-state index in [0.29, 0.717) is 0 Å². The fraction of sp³-hybridized carbons (Fsp3) is 0.250. The summed E-state index contributed by atoms with van der Waals surface area (Å²) >= 11 is -0.826. The summed E-state index contributed by atoms with van der Waals surface area (Å²) in [5.74, 6) is 0. The molecule has 0 nitrogen and oxygen atoms in total. The molecule has 0 saturated carbocycles. The first-order valence-corrected chi connectivity index (χ1v) is 50.1. The molecule has 0 aromatic heterocycles. The average Bonchev–Trinajstić information content (AvgIpc) is 4.25. The van der Waals surface area contributed by atoms with E-state index < -0.39 is 53.1 Å². The summed E-state index contributed by atoms with van der Waals surface area (Å²) < 4.78 is 0. The maximum atomic E-state index is 4.93. The van der Waals surface area contributed by atoms with Crippen LogP contribution < -0.4 is 31.1 Å². The molecule has 1 heterocycles. The molecule has 0 unspecified atom stereocenters. The Morgan fingerprint density at radius 3 is 1.18 bits per heavy atom. The number of fused-ring (bicyclic) bond motifs is 5. The molecular weight excluding hydrogens is 1170 g/mol. The molecule has 80 heavy (non-hydrogen) atoms. The molecule has 10 aromatic rings. The Bertz CT molecular complexity index is 3390. The summed E-state index contributed by atoms with van der Waals surface area (Å²) in [7, 11) is 4.83. The number of hydrogen-bond acceptors (Lipinski definition) is 0. The van der Waals surface area contributed by atoms with Crippen LogP contribution in [0.25, 0.3) is 77.2 Å². The molecule has 410 valence electrons. The maximum Gasteiger partial charge on any atom is 0.0920 e. The number of rotatable bonds is 12. The van der Waals surface area contributed by atoms with Gasteiger partial charge in [0, 0.05) is 0 Å². The Balaban J connectivity index is 0.000000165. The third kappa shape index (κ3) is 14.8. The van der Waals surface area contributed by atoms with E-state index in [1.54, 1.807) is 20.7 Å². The maximum absolute atomic E-state index is 4.93. The van der Waals surface area contributed by atoms with Gasteiger partial charge in [0.15, 0.2) is 0 Å². The molecule has 11 rings (SSSR count). The smallest absolute Gasteiger partial charge is 0.0920 e. The Kier molecular flexibility index (Phi) is 20.3. The first-order chi connectivity index (χ1) is 38.0. The number of halogens is 2. The quantitative estimate of drug-likeness (QED) is 0.0845. The van der Waals surface area contributed by atoms with E-state index in [1.807, 2.05) is 6.07 Å². The summed E-state index contributed by atoms with van der Waals surface area (Å²) in [6.07, 6.45) is 4.65. The zero-order valence-corrected chi connectivity index (χ0v) is 59.0. The number of benzene rings is 8. The zero-order valence-electron chi connectivity index (χ0n) is 50.0. The molecule has 10 aromatic carbocycles. The van der Waals surface area contributed by atoms with Gasteiger partial charge < -0.3 is 0 Å². The van der Waals surface area contributed by atoms with Gasteiger partial charge in [-0.15, -0.1) is 62.5 Å². The van der Waals surface area contributed by atoms with E-state index in [-0.39, 0.29) is 0 Å². The Morgan fingerprint density at radius 2 is 0.787 bits per heavy atom. The summed E-state index contributed by atoms with van der Waals surface area (Å²) in [5.41, 5.74) is 16.6. The van der Waals surface area contributed by atoms with E-state index in [9.17, 15) is 0 Å². The van der Waals surface area contributed by atoms with Gasteiger partial charge in [0.1, 0.15) is 0 Å². The fourth-order valence-corrected chi connectivity index (χ4v) is 17.2. The van der Waals surface area contributed by atoms with Crippen molar-refractivity contribution < 1.29 is 20.8 Å². The topological polar surface area (TPSA) is 0 Å². The second kappa shape index (κ2) is 26.4. The summed E-state index contributed by atoms with van der Waals surface area (Å²) in [6, 6.07) is 74.2. The van der Waals surface area contributed by atoms with Crippen LogP contribution in [-0.4, -0.2) is 41.8 Å². The Labute approximate surface area is 506 Å². The van der Waals surface area contributed by atoms with Gasteiger partial charge in [-0.1, -0.05) is 281 Å². The van der Waals surface area contributed by atoms with Gasteiger partial charge in [0.05, 0.1) is 41.8 Å². The molecule has 0 N–H and O–H groups in total. The van der Waals surface area contributed by atoms with Gasteiger partial charge in [-0.05, 0) is 46.2 Å². The van der Waals surface area contributed by atoms with Crippen molar-refractivity contribution in [3.8, 4) is 55.6 Å². The summed E-state index contributed by atoms with van der Waals surface area (Å²) in [4.78, 5) is 0. The van der Waals surface area contributed by atoms with Crippen LogP contribution in [0, 0.1) is 6.07 Å². The molecule has 0 fully saturated rings. The Hall–Kier alpha value is -4.47. The molecule has 1 aliphatic rings. The van der Waals surface area contributed by atoms with Crippen molar-refractivity contribution in [1.29, 1.82) is 0 Å². The summed E-state index contributed by atoms with van der Waals surface area (Å²) in [6.45, 7) is 34.2. The Morgan fingerprint density at radius 1 is 0.412 bits per heavy atom. The molecule has 2 radical (unpaired) electrons. The van der Waals surface area contributed by atoms with Crippen LogP contribution in [0.3, 0.4) is 0 Å². The molecule has 0 spiro atoms. The van der Waals surface area contributed by atoms with Gasteiger partial charge in [-0.2, -0.15) is 41.6 Å². The van der Waals surface area contributed by atoms with Crippen molar-refractivity contribution in [2.24, 2.45) is 0 Å². The number of aryl methyl sites for hydroxylation is 2. The van der Waals surface area contributed by atoms with E-state index in [0.717, 1.165) is 22.4 Å². The van der Waals surface area contributed by atoms with Gasteiger partial charge in [-0.25, -0.2) is 0 Å². The van der Waals surface area contributed by atoms with Crippen molar-refractivity contribution in [1.82, 2.24) is 0 Å². The minimum absolute atomic E-state index is 0.795. The predicted octanol–water partition coefficient (Wildman–Crippen LogP) is 18.4. The van der Waals surface area contributed by atoms with Crippen molar-refractivity contribution in [3.05, 3.63) is 205 Å². The largest absolute Gasteiger partial charge is 0.184 e. The van der Waals surface area contributed by atoms with Crippen LogP contribution in [0.1, 0.15) is 37.8 Å². The van der Waals surface area contributed by atoms with Crippen LogP contribution in [0.15, 0.2) is 188 Å². The standard InChI is InChI=1S/2C30H37Si2.C12H7Si.2ClH.Zr/c2*1-8-12-22-17-24-15-16-28(23-13-10-9-11-14-23)30(29(24)18-22)25-19-26(31(2,3)4)21-27(20-25)32(5,6)7;1-3-7-11-9(5-1)10-6-2-4-8-12(10)13-11;;;/h2*9-11,13-21H,8,12H2,1-7H3;1-7H;2*1H;/q3*-1;;;+2/p-2. The summed E-state index contributed by atoms with van der Waals surface area (Å²) in [5, 5.41) is 14.7. The second-order valence-corrected chi connectivity index (χ2v) is 51.1. The molecule has 0 saturated heterocycles. The zero-order chi connectivity index (χ0) is 57.6. The molecular formula is C72H81Cl2Si5Zr-3. The molecule has 0 amide bonds. The molecule has 1 aliphatic heterocycles. The first-order valence-electron chi connectivity index (χ1n) is 28.7. The third-order valence-electron chi connectivity index (χ3n) is 15.4. The van der Waals surface area contributed by atoms with E-state index in [2.05, 4.69) is 280 Å². The van der Waals surface area contributed by atoms with Crippen LogP contribution in [0.4, 0.5) is 0 Å². The van der Waals surface area contributed by atoms with Crippen molar-refractivity contribution in [2.75, 3.05) is 0 Å². The molecule has 0 aliphatic carbocycles. The fourth-order valence-electron chi connectivity index (χ4n) is 10.9. The minimum atomic E-state index is -1.46. The minimum Gasteiger partial charge on any atom is -0.184 e. The molecule has 8 heteroatoms. The second-order valence-electron chi connectivity index (χ2n) is 25.7. The van der Waals surface area contributed by atoms with Gasteiger partial charge in [-0.3, -0.25) is 0 Å². The van der Waals surface area contributed by atoms with Crippen LogP contribution >= 0.6 is 17.0 Å². The van der Waals surface area contributed by atoms with Gasteiger partial charge >= 0.3 is 37.9 Å². The van der Waals surface area contributed by atoms with Crippen LogP contribution in [-0.2, 0) is 33.7 Å².